The summed E-state index contributed by atoms with van der Waals surface area (Å²) in [4.78, 5) is 10.4. The van der Waals surface area contributed by atoms with Crippen LogP contribution in [0.5, 0.6) is 0 Å². The van der Waals surface area contributed by atoms with Gasteiger partial charge in [0.2, 0.25) is 0 Å². The number of carbonyl (C=O) groups is 1. The second-order valence-electron chi connectivity index (χ2n) is 2.97. The predicted molar refractivity (Wildman–Crippen MR) is 53.4 cm³/mol. The van der Waals surface area contributed by atoms with E-state index in [4.69, 9.17) is 10.8 Å². The van der Waals surface area contributed by atoms with Crippen LogP contribution in [0.15, 0.2) is 16.6 Å². The predicted octanol–water partition coefficient (Wildman–Crippen LogP) is 1.68. The Bertz CT molecular complexity index is 398. The van der Waals surface area contributed by atoms with Gasteiger partial charge in [0.1, 0.15) is 17.7 Å². The number of hydrogen-bond donors (Lipinski definition) is 2. The van der Waals surface area contributed by atoms with Crippen LogP contribution in [0, 0.1) is 11.6 Å². The van der Waals surface area contributed by atoms with E-state index in [1.807, 2.05) is 0 Å². The number of aliphatic carboxylic acids is 1. The Morgan fingerprint density at radius 2 is 2.13 bits per heavy atom. The van der Waals surface area contributed by atoms with Gasteiger partial charge in [0.15, 0.2) is 0 Å². The molecule has 0 saturated heterocycles. The van der Waals surface area contributed by atoms with Gasteiger partial charge in [-0.3, -0.25) is 4.79 Å². The molecule has 1 unspecified atom stereocenters. The molecule has 82 valence electrons. The number of hydrogen-bond acceptors (Lipinski definition) is 2. The molecule has 1 rings (SSSR count). The minimum absolute atomic E-state index is 0.0801. The largest absolute Gasteiger partial charge is 0.480 e. The highest BCUT2D eigenvalue weighted by Crippen LogP contribution is 2.22. The van der Waals surface area contributed by atoms with Gasteiger partial charge in [-0.25, -0.2) is 8.78 Å². The zero-order chi connectivity index (χ0) is 11.6. The first-order valence-electron chi connectivity index (χ1n) is 4.04. The maximum Gasteiger partial charge on any atom is 0.320 e. The standard InChI is InChI=1S/C9H8BrF2NO2/c10-5-1-2-6(11)4(8(5)12)3-7(13)9(14)15/h1-2,7H,3,13H2,(H,14,15). The zero-order valence-electron chi connectivity index (χ0n) is 7.51. The van der Waals surface area contributed by atoms with Gasteiger partial charge in [0, 0.05) is 12.0 Å². The lowest BCUT2D eigenvalue weighted by Gasteiger charge is -2.09. The first kappa shape index (κ1) is 12.1. The van der Waals surface area contributed by atoms with Crippen LogP contribution in [-0.2, 0) is 11.2 Å². The van der Waals surface area contributed by atoms with Crippen molar-refractivity contribution in [3.8, 4) is 0 Å². The molecule has 0 bridgehead atoms. The van der Waals surface area contributed by atoms with Crippen LogP contribution < -0.4 is 5.73 Å². The first-order chi connectivity index (χ1) is 6.93. The smallest absolute Gasteiger partial charge is 0.320 e. The van der Waals surface area contributed by atoms with Crippen LogP contribution in [0.2, 0.25) is 0 Å². The summed E-state index contributed by atoms with van der Waals surface area (Å²) < 4.78 is 26.6. The van der Waals surface area contributed by atoms with E-state index in [2.05, 4.69) is 15.9 Å². The molecule has 6 heteroatoms. The van der Waals surface area contributed by atoms with Crippen molar-refractivity contribution in [1.29, 1.82) is 0 Å². The number of halogens is 3. The van der Waals surface area contributed by atoms with Gasteiger partial charge in [-0.15, -0.1) is 0 Å². The second kappa shape index (κ2) is 4.67. The van der Waals surface area contributed by atoms with E-state index in [-0.39, 0.29) is 16.5 Å². The Hall–Kier alpha value is -1.01. The van der Waals surface area contributed by atoms with Crippen molar-refractivity contribution < 1.29 is 18.7 Å². The van der Waals surface area contributed by atoms with E-state index in [1.165, 1.54) is 6.07 Å². The summed E-state index contributed by atoms with van der Waals surface area (Å²) in [5, 5.41) is 8.51. The van der Waals surface area contributed by atoms with E-state index in [0.717, 1.165) is 6.07 Å². The van der Waals surface area contributed by atoms with Crippen LogP contribution >= 0.6 is 15.9 Å². The van der Waals surface area contributed by atoms with Gasteiger partial charge in [0.05, 0.1) is 4.47 Å². The van der Waals surface area contributed by atoms with Crippen LogP contribution in [0.3, 0.4) is 0 Å². The second-order valence-corrected chi connectivity index (χ2v) is 3.82. The lowest BCUT2D eigenvalue weighted by molar-refractivity contribution is -0.138. The summed E-state index contributed by atoms with van der Waals surface area (Å²) in [5.74, 6) is -2.91. The van der Waals surface area contributed by atoms with Gasteiger partial charge in [0.25, 0.3) is 0 Å². The lowest BCUT2D eigenvalue weighted by atomic mass is 10.1. The van der Waals surface area contributed by atoms with Crippen LogP contribution in [-0.4, -0.2) is 17.1 Å². The lowest BCUT2D eigenvalue weighted by Crippen LogP contribution is -2.33. The quantitative estimate of drug-likeness (QED) is 0.828. The molecular formula is C9H8BrF2NO2. The van der Waals surface area contributed by atoms with Crippen molar-refractivity contribution in [3.63, 3.8) is 0 Å². The number of benzene rings is 1. The minimum Gasteiger partial charge on any atom is -0.480 e. The fraction of sp³-hybridized carbons (Fsp3) is 0.222. The summed E-state index contributed by atoms with van der Waals surface area (Å²) in [6.07, 6.45) is -0.383. The molecule has 0 heterocycles. The third kappa shape index (κ3) is 2.73. The molecule has 0 saturated carbocycles. The number of carboxylic acid groups (broad SMARTS) is 1. The van der Waals surface area contributed by atoms with Crippen molar-refractivity contribution in [2.24, 2.45) is 5.73 Å². The van der Waals surface area contributed by atoms with Gasteiger partial charge in [-0.05, 0) is 28.1 Å². The Kier molecular flexibility index (Phi) is 3.76. The maximum absolute atomic E-state index is 13.4. The highest BCUT2D eigenvalue weighted by Gasteiger charge is 2.19. The molecule has 0 radical (unpaired) electrons. The molecule has 1 aromatic carbocycles. The zero-order valence-corrected chi connectivity index (χ0v) is 9.09. The van der Waals surface area contributed by atoms with Gasteiger partial charge < -0.3 is 10.8 Å². The van der Waals surface area contributed by atoms with Crippen molar-refractivity contribution in [3.05, 3.63) is 33.8 Å². The third-order valence-electron chi connectivity index (χ3n) is 1.88. The molecular weight excluding hydrogens is 272 g/mol. The molecule has 0 spiro atoms. The number of carboxylic acids is 1. The molecule has 15 heavy (non-hydrogen) atoms. The minimum atomic E-state index is -1.32. The Morgan fingerprint density at radius 3 is 2.67 bits per heavy atom. The molecule has 0 aromatic heterocycles. The summed E-state index contributed by atoms with van der Waals surface area (Å²) in [7, 11) is 0. The van der Waals surface area contributed by atoms with Crippen molar-refractivity contribution >= 4 is 21.9 Å². The molecule has 3 nitrogen and oxygen atoms in total. The third-order valence-corrected chi connectivity index (χ3v) is 2.49. The van der Waals surface area contributed by atoms with Crippen LogP contribution in [0.25, 0.3) is 0 Å². The topological polar surface area (TPSA) is 63.3 Å². The molecule has 0 aliphatic rings. The van der Waals surface area contributed by atoms with E-state index < -0.39 is 23.6 Å². The fourth-order valence-electron chi connectivity index (χ4n) is 1.06. The van der Waals surface area contributed by atoms with Crippen molar-refractivity contribution in [2.45, 2.75) is 12.5 Å². The van der Waals surface area contributed by atoms with E-state index in [0.29, 0.717) is 0 Å². The van der Waals surface area contributed by atoms with Crippen LogP contribution in [0.1, 0.15) is 5.56 Å². The van der Waals surface area contributed by atoms with Crippen LogP contribution in [0.4, 0.5) is 8.78 Å². The SMILES string of the molecule is NC(Cc1c(F)ccc(Br)c1F)C(=O)O. The highest BCUT2D eigenvalue weighted by molar-refractivity contribution is 9.10. The van der Waals surface area contributed by atoms with Gasteiger partial charge in [-0.1, -0.05) is 0 Å². The molecule has 1 aromatic rings. The Morgan fingerprint density at radius 1 is 1.53 bits per heavy atom. The average Bonchev–Trinajstić information content (AvgIpc) is 2.18. The van der Waals surface area contributed by atoms with Gasteiger partial charge in [-0.2, -0.15) is 0 Å². The average molecular weight is 280 g/mol. The molecule has 1 atom stereocenters. The normalized spacial score (nSPS) is 12.5. The summed E-state index contributed by atoms with van der Waals surface area (Å²) >= 11 is 2.88. The molecule has 3 N–H and O–H groups in total. The van der Waals surface area contributed by atoms with E-state index in [1.54, 1.807) is 0 Å². The maximum atomic E-state index is 13.4. The monoisotopic (exact) mass is 279 g/mol. The Labute approximate surface area is 93.0 Å². The van der Waals surface area contributed by atoms with E-state index in [9.17, 15) is 13.6 Å². The first-order valence-corrected chi connectivity index (χ1v) is 4.83. The van der Waals surface area contributed by atoms with Crippen molar-refractivity contribution in [1.82, 2.24) is 0 Å². The fourth-order valence-corrected chi connectivity index (χ4v) is 1.43. The van der Waals surface area contributed by atoms with E-state index >= 15 is 0 Å². The van der Waals surface area contributed by atoms with Crippen molar-refractivity contribution in [2.75, 3.05) is 0 Å². The summed E-state index contributed by atoms with van der Waals surface area (Å²) in [6.45, 7) is 0. The Balaban J connectivity index is 3.03. The summed E-state index contributed by atoms with van der Waals surface area (Å²) in [5.41, 5.74) is 4.87. The highest BCUT2D eigenvalue weighted by atomic mass is 79.9. The number of rotatable bonds is 3. The molecule has 0 fully saturated rings. The number of nitrogens with two attached hydrogens (primary N) is 1. The molecule has 0 aliphatic heterocycles. The molecule has 0 aliphatic carbocycles. The summed E-state index contributed by atoms with van der Waals surface area (Å²) in [6, 6.07) is 0.945. The molecule has 0 amide bonds. The van der Waals surface area contributed by atoms with Gasteiger partial charge >= 0.3 is 5.97 Å².